The topological polar surface area (TPSA) is 44.5 Å². The lowest BCUT2D eigenvalue weighted by molar-refractivity contribution is 0.0777. The van der Waals surface area contributed by atoms with E-state index in [4.69, 9.17) is 15.2 Å². The molecule has 1 aliphatic heterocycles. The minimum atomic E-state index is 0. The largest absolute Gasteiger partial charge is 0.377 e. The Hall–Kier alpha value is 0.170. The number of ether oxygens (including phenoxy) is 2. The fourth-order valence-electron chi connectivity index (χ4n) is 0.794. The second-order valence-electron chi connectivity index (χ2n) is 1.98. The number of methoxy groups -OCH3 is 1. The first kappa shape index (κ1) is 9.17. The van der Waals surface area contributed by atoms with E-state index in [1.165, 1.54) is 0 Å². The average molecular weight is 154 g/mol. The van der Waals surface area contributed by atoms with Gasteiger partial charge in [0.2, 0.25) is 0 Å². The smallest absolute Gasteiger partial charge is 0.0977 e. The van der Waals surface area contributed by atoms with Crippen LogP contribution in [0.4, 0.5) is 0 Å². The lowest BCUT2D eigenvalue weighted by Gasteiger charge is -2.08. The molecule has 2 atom stereocenters. The summed E-state index contributed by atoms with van der Waals surface area (Å²) in [7, 11) is 1.65. The summed E-state index contributed by atoms with van der Waals surface area (Å²) in [4.78, 5) is 0. The van der Waals surface area contributed by atoms with Gasteiger partial charge in [-0.1, -0.05) is 0 Å². The Bertz CT molecular complexity index is 81.4. The fraction of sp³-hybridized carbons (Fsp3) is 1.00. The first-order valence-corrected chi connectivity index (χ1v) is 2.70. The highest BCUT2D eigenvalue weighted by molar-refractivity contribution is 5.85. The fourth-order valence-corrected chi connectivity index (χ4v) is 0.794. The standard InChI is InChI=1S/C5H11NO2.ClH/c1-7-5-3-8-2-4(5)6;/h4-5H,2-3,6H2,1H3;1H/t4-,5+;/m1./s1. The maximum absolute atomic E-state index is 5.54. The molecule has 0 saturated carbocycles. The van der Waals surface area contributed by atoms with E-state index in [1.807, 2.05) is 0 Å². The zero-order valence-electron chi connectivity index (χ0n) is 5.37. The van der Waals surface area contributed by atoms with Crippen molar-refractivity contribution in [1.82, 2.24) is 0 Å². The number of hydrogen-bond donors (Lipinski definition) is 1. The summed E-state index contributed by atoms with van der Waals surface area (Å²) in [6.45, 7) is 1.29. The van der Waals surface area contributed by atoms with E-state index >= 15 is 0 Å². The molecule has 1 saturated heterocycles. The predicted molar refractivity (Wildman–Crippen MR) is 36.8 cm³/mol. The highest BCUT2D eigenvalue weighted by Crippen LogP contribution is 2.04. The predicted octanol–water partition coefficient (Wildman–Crippen LogP) is -0.219. The molecule has 0 bridgehead atoms. The van der Waals surface area contributed by atoms with Crippen molar-refractivity contribution in [1.29, 1.82) is 0 Å². The molecule has 1 fully saturated rings. The molecule has 0 aromatic heterocycles. The molecule has 4 heteroatoms. The van der Waals surface area contributed by atoms with Gasteiger partial charge in [0.05, 0.1) is 25.4 Å². The van der Waals surface area contributed by atoms with Crippen LogP contribution in [-0.4, -0.2) is 32.5 Å². The molecule has 0 aromatic rings. The van der Waals surface area contributed by atoms with Gasteiger partial charge in [-0.05, 0) is 0 Å². The van der Waals surface area contributed by atoms with E-state index in [2.05, 4.69) is 0 Å². The van der Waals surface area contributed by atoms with Crippen molar-refractivity contribution >= 4 is 12.4 Å². The van der Waals surface area contributed by atoms with Gasteiger partial charge in [0.15, 0.2) is 0 Å². The van der Waals surface area contributed by atoms with Crippen LogP contribution in [0.3, 0.4) is 0 Å². The monoisotopic (exact) mass is 153 g/mol. The zero-order valence-corrected chi connectivity index (χ0v) is 6.19. The quantitative estimate of drug-likeness (QED) is 0.567. The van der Waals surface area contributed by atoms with Gasteiger partial charge in [0, 0.05) is 7.11 Å². The zero-order chi connectivity index (χ0) is 5.98. The highest BCUT2D eigenvalue weighted by Gasteiger charge is 2.23. The van der Waals surface area contributed by atoms with Crippen LogP contribution in [0.5, 0.6) is 0 Å². The summed E-state index contributed by atoms with van der Waals surface area (Å²) in [5, 5.41) is 0. The summed E-state index contributed by atoms with van der Waals surface area (Å²) >= 11 is 0. The Kier molecular flexibility index (Phi) is 4.14. The van der Waals surface area contributed by atoms with Crippen LogP contribution in [0.1, 0.15) is 0 Å². The summed E-state index contributed by atoms with van der Waals surface area (Å²) in [6.07, 6.45) is 0.120. The van der Waals surface area contributed by atoms with Crippen molar-refractivity contribution in [2.45, 2.75) is 12.1 Å². The van der Waals surface area contributed by atoms with E-state index in [0.717, 1.165) is 0 Å². The van der Waals surface area contributed by atoms with Crippen LogP contribution in [0.15, 0.2) is 0 Å². The summed E-state index contributed by atoms with van der Waals surface area (Å²) < 4.78 is 9.98. The third-order valence-electron chi connectivity index (χ3n) is 1.37. The lowest BCUT2D eigenvalue weighted by atomic mass is 10.2. The van der Waals surface area contributed by atoms with Crippen LogP contribution >= 0.6 is 12.4 Å². The summed E-state index contributed by atoms with van der Waals surface area (Å²) in [5.74, 6) is 0. The van der Waals surface area contributed by atoms with Gasteiger partial charge >= 0.3 is 0 Å². The molecule has 0 spiro atoms. The Morgan fingerprint density at radius 3 is 2.44 bits per heavy atom. The molecule has 1 aliphatic rings. The third-order valence-corrected chi connectivity index (χ3v) is 1.37. The van der Waals surface area contributed by atoms with E-state index in [1.54, 1.807) is 7.11 Å². The van der Waals surface area contributed by atoms with Crippen LogP contribution in [0.2, 0.25) is 0 Å². The van der Waals surface area contributed by atoms with Crippen molar-refractivity contribution in [3.63, 3.8) is 0 Å². The molecule has 2 N–H and O–H groups in total. The van der Waals surface area contributed by atoms with Crippen LogP contribution in [-0.2, 0) is 9.47 Å². The van der Waals surface area contributed by atoms with Gasteiger partial charge in [-0.3, -0.25) is 0 Å². The van der Waals surface area contributed by atoms with Crippen molar-refractivity contribution < 1.29 is 9.47 Å². The van der Waals surface area contributed by atoms with Crippen LogP contribution < -0.4 is 5.73 Å². The van der Waals surface area contributed by atoms with Crippen LogP contribution in [0.25, 0.3) is 0 Å². The Balaban J connectivity index is 0.000000640. The normalized spacial score (nSPS) is 34.0. The van der Waals surface area contributed by atoms with E-state index < -0.39 is 0 Å². The maximum atomic E-state index is 5.54. The van der Waals surface area contributed by atoms with E-state index in [9.17, 15) is 0 Å². The second kappa shape index (κ2) is 4.06. The molecule has 56 valence electrons. The lowest BCUT2D eigenvalue weighted by Crippen LogP contribution is -2.34. The number of halogens is 1. The van der Waals surface area contributed by atoms with E-state index in [-0.39, 0.29) is 24.6 Å². The molecule has 0 aliphatic carbocycles. The molecule has 3 nitrogen and oxygen atoms in total. The Morgan fingerprint density at radius 1 is 1.56 bits per heavy atom. The maximum Gasteiger partial charge on any atom is 0.0977 e. The van der Waals surface area contributed by atoms with Gasteiger partial charge in [-0.2, -0.15) is 0 Å². The van der Waals surface area contributed by atoms with Crippen molar-refractivity contribution in [3.8, 4) is 0 Å². The first-order chi connectivity index (χ1) is 3.84. The van der Waals surface area contributed by atoms with Crippen molar-refractivity contribution in [2.24, 2.45) is 5.73 Å². The molecular formula is C5H12ClNO2. The summed E-state index contributed by atoms with van der Waals surface area (Å²) in [6, 6.07) is 0.0833. The number of hydrogen-bond acceptors (Lipinski definition) is 3. The minimum absolute atomic E-state index is 0. The van der Waals surface area contributed by atoms with Gasteiger partial charge in [-0.15, -0.1) is 12.4 Å². The van der Waals surface area contributed by atoms with Crippen LogP contribution in [0, 0.1) is 0 Å². The van der Waals surface area contributed by atoms with Gasteiger partial charge in [0.1, 0.15) is 0 Å². The molecule has 9 heavy (non-hydrogen) atoms. The molecule has 1 heterocycles. The molecule has 0 radical (unpaired) electrons. The second-order valence-corrected chi connectivity index (χ2v) is 1.98. The van der Waals surface area contributed by atoms with Gasteiger partial charge in [-0.25, -0.2) is 0 Å². The molecular weight excluding hydrogens is 142 g/mol. The van der Waals surface area contributed by atoms with Crippen molar-refractivity contribution in [2.75, 3.05) is 20.3 Å². The minimum Gasteiger partial charge on any atom is -0.377 e. The Labute approximate surface area is 60.9 Å². The Morgan fingerprint density at radius 2 is 2.22 bits per heavy atom. The van der Waals surface area contributed by atoms with Gasteiger partial charge in [0.25, 0.3) is 0 Å². The number of nitrogens with two attached hydrogens (primary N) is 1. The third kappa shape index (κ3) is 2.10. The summed E-state index contributed by atoms with van der Waals surface area (Å²) in [5.41, 5.74) is 5.54. The molecule has 0 aromatic carbocycles. The molecule has 1 rings (SSSR count). The average Bonchev–Trinajstić information content (AvgIpc) is 2.14. The molecule has 0 amide bonds. The van der Waals surface area contributed by atoms with Crippen molar-refractivity contribution in [3.05, 3.63) is 0 Å². The SMILES string of the molecule is CO[C@H]1COC[C@H]1N.Cl. The molecule has 0 unspecified atom stereocenters. The van der Waals surface area contributed by atoms with E-state index in [0.29, 0.717) is 13.2 Å². The first-order valence-electron chi connectivity index (χ1n) is 2.70. The number of rotatable bonds is 1. The highest BCUT2D eigenvalue weighted by atomic mass is 35.5. The van der Waals surface area contributed by atoms with Gasteiger partial charge < -0.3 is 15.2 Å².